The normalized spacial score (nSPS) is 16.2. The van der Waals surface area contributed by atoms with E-state index in [0.717, 1.165) is 39.0 Å². The second kappa shape index (κ2) is 47.1. The number of carbonyl (C=O) groups is 14. The van der Waals surface area contributed by atoms with E-state index in [1.165, 1.54) is 104 Å². The maximum atomic E-state index is 15.3. The maximum absolute atomic E-state index is 15.3. The van der Waals surface area contributed by atoms with Crippen LogP contribution in [0.2, 0.25) is 0 Å². The molecule has 6 aromatic carbocycles. The van der Waals surface area contributed by atoms with Crippen molar-refractivity contribution in [1.29, 1.82) is 0 Å². The second-order valence-electron chi connectivity index (χ2n) is 31.3. The SMILES string of the molecule is CNC(=O)C1CCCN1C(=O)C(NC(=O)C(Cc1ccc(O)cc1)NC(=O)CNC(=O)C(Cc1ccc(O)cc1)NC(=O)C(Cc1c[nH]c2ccccc12)NC(=O)C(Cc1c[nH]cn1)NC(=O)C(Cc1ccc(O)cc1)NC(=O)C(N)CSC1CC(=O)N(CCC(=O)NCCOCCOCCC(=O)NCCC(=O)N2Cc3ccccc3/C=C\c3ccccc32)C1=O)C(C)O. The van der Waals surface area contributed by atoms with E-state index >= 15 is 9.59 Å². The number of thioether (sulfide) groups is 1. The quantitative estimate of drug-likeness (QED) is 0.0187. The van der Waals surface area contributed by atoms with Crippen LogP contribution >= 0.6 is 11.8 Å². The zero-order valence-electron chi connectivity index (χ0n) is 71.2. The molecular weight excluding hydrogens is 1680 g/mol. The number of ether oxygens (including phenoxy) is 2. The van der Waals surface area contributed by atoms with Crippen molar-refractivity contribution in [2.24, 2.45) is 5.73 Å². The number of hydrogen-bond acceptors (Lipinski definition) is 23. The molecule has 682 valence electrons. The molecule has 0 aliphatic carbocycles. The van der Waals surface area contributed by atoms with Gasteiger partial charge in [0.2, 0.25) is 82.7 Å². The number of phenolic OH excluding ortho intramolecular Hbond substituents is 3. The third-order valence-electron chi connectivity index (χ3n) is 21.9. The van der Waals surface area contributed by atoms with E-state index < -0.39 is 137 Å². The predicted octanol–water partition coefficient (Wildman–Crippen LogP) is 1.00. The summed E-state index contributed by atoms with van der Waals surface area (Å²) in [5.41, 5.74) is 12.9. The molecule has 14 amide bonds. The van der Waals surface area contributed by atoms with Gasteiger partial charge in [-0.3, -0.25) is 72.0 Å². The van der Waals surface area contributed by atoms with Gasteiger partial charge in [-0.1, -0.05) is 109 Å². The van der Waals surface area contributed by atoms with Crippen molar-refractivity contribution in [3.05, 3.63) is 209 Å². The number of likely N-dealkylation sites (tertiary alicyclic amines) is 2. The Bertz CT molecular complexity index is 5310. The van der Waals surface area contributed by atoms with E-state index in [2.05, 4.69) is 68.1 Å². The lowest BCUT2D eigenvalue weighted by atomic mass is 10.0. The molecule has 2 aromatic heterocycles. The average Bonchev–Trinajstić information content (AvgIpc) is 1.46. The van der Waals surface area contributed by atoms with Crippen LogP contribution in [-0.4, -0.2) is 260 Å². The molecule has 2 saturated heterocycles. The summed E-state index contributed by atoms with van der Waals surface area (Å²) in [5, 5.41) is 67.6. The van der Waals surface area contributed by atoms with Crippen molar-refractivity contribution in [2.75, 3.05) is 76.9 Å². The lowest BCUT2D eigenvalue weighted by molar-refractivity contribution is -0.144. The van der Waals surface area contributed by atoms with Crippen LogP contribution in [0.4, 0.5) is 5.69 Å². The summed E-state index contributed by atoms with van der Waals surface area (Å²) in [4.78, 5) is 210. The number of para-hydroxylation sites is 2. The van der Waals surface area contributed by atoms with Crippen LogP contribution in [0.1, 0.15) is 90.1 Å². The predicted molar refractivity (Wildman–Crippen MR) is 475 cm³/mol. The minimum Gasteiger partial charge on any atom is -0.508 e. The Kier molecular flexibility index (Phi) is 35.0. The molecule has 38 heteroatoms. The number of phenols is 3. The van der Waals surface area contributed by atoms with Crippen molar-refractivity contribution >= 4 is 123 Å². The molecule has 8 aromatic rings. The Balaban J connectivity index is 0.676. The number of H-pyrrole nitrogens is 2. The standard InChI is InChI=1S/C91H107N17O20S/c1-54(109)82(91(126)106-36-9-16-75(106)89(124)93-2)105-88(123)70(43-56-19-27-64(111)28-20-56)100-79(115)50-98-84(119)69(42-55-17-25-63(110)26-18-55)102-86(121)72(45-61-48-97-68-14-7-6-13-66(61)68)103-87(122)73(46-62-49-94-53-99-62)104-85(120)71(44-57-21-29-65(112)30-22-57)101-83(118)67(92)52-129-76-47-81(117)107(90(76)125)37-32-77(113)96-35-39-128-41-40-127-38-33-78(114)95-34-31-80(116)108-51-60-12-4-3-10-58(60)23-24-59-11-5-8-15-74(59)108/h3-8,10-15,17-30,48-49,53-54,67,69-73,75-76,82,97,109-112H,9,16,31-47,50-52,92H2,1-2H3,(H,93,124)(H,94,99)(H,95,114)(H,96,113)(H,98,119)(H,100,115)(H,101,118)(H,102,121)(H,103,122)(H,104,120)(H,105,123)/b24-23-. The number of aliphatic hydroxyl groups excluding tert-OH is 1. The minimum absolute atomic E-state index is 0.0554. The lowest BCUT2D eigenvalue weighted by Gasteiger charge is -2.31. The van der Waals surface area contributed by atoms with Gasteiger partial charge >= 0.3 is 0 Å². The van der Waals surface area contributed by atoms with Gasteiger partial charge in [0.15, 0.2) is 0 Å². The van der Waals surface area contributed by atoms with Gasteiger partial charge in [0.25, 0.3) is 0 Å². The van der Waals surface area contributed by atoms with E-state index in [9.17, 15) is 78.0 Å². The molecule has 0 radical (unpaired) electrons. The molecule has 18 N–H and O–H groups in total. The van der Waals surface area contributed by atoms with Gasteiger partial charge in [-0.25, -0.2) is 4.98 Å². The number of aromatic hydroxyl groups is 3. The number of anilines is 1. The smallest absolute Gasteiger partial charge is 0.248 e. The minimum atomic E-state index is -1.59. The molecule has 11 rings (SSSR count). The summed E-state index contributed by atoms with van der Waals surface area (Å²) >= 11 is 0.917. The molecule has 2 fully saturated rings. The molecule has 3 aliphatic heterocycles. The highest BCUT2D eigenvalue weighted by Crippen LogP contribution is 2.31. The zero-order chi connectivity index (χ0) is 92.0. The van der Waals surface area contributed by atoms with E-state index in [0.29, 0.717) is 52.5 Å². The second-order valence-corrected chi connectivity index (χ2v) is 32.6. The Morgan fingerprint density at radius 3 is 1.76 bits per heavy atom. The number of nitrogens with one attached hydrogen (secondary N) is 12. The first-order valence-corrected chi connectivity index (χ1v) is 43.4. The fourth-order valence-corrected chi connectivity index (χ4v) is 16.1. The maximum Gasteiger partial charge on any atom is 0.248 e. The Morgan fingerprint density at radius 1 is 0.574 bits per heavy atom. The number of aromatic nitrogens is 3. The first-order valence-electron chi connectivity index (χ1n) is 42.4. The number of likely N-dealkylation sites (N-methyl/N-ethyl adjacent to an activating group) is 1. The third kappa shape index (κ3) is 27.8. The highest BCUT2D eigenvalue weighted by molar-refractivity contribution is 8.00. The molecule has 37 nitrogen and oxygen atoms in total. The van der Waals surface area contributed by atoms with Crippen molar-refractivity contribution in [3.8, 4) is 17.2 Å². The number of imidazole rings is 1. The number of benzene rings is 6. The summed E-state index contributed by atoms with van der Waals surface area (Å²) in [5.74, 6) is -10.4. The van der Waals surface area contributed by atoms with E-state index in [1.807, 2.05) is 60.7 Å². The number of aliphatic hydroxyl groups is 1. The van der Waals surface area contributed by atoms with Gasteiger partial charge in [-0.2, -0.15) is 0 Å². The molecule has 10 unspecified atom stereocenters. The average molecular weight is 1790 g/mol. The van der Waals surface area contributed by atoms with Crippen LogP contribution in [-0.2, 0) is 115 Å². The molecule has 3 aliphatic rings. The van der Waals surface area contributed by atoms with Crippen molar-refractivity contribution in [3.63, 3.8) is 0 Å². The first-order chi connectivity index (χ1) is 62.1. The number of aromatic amines is 2. The number of amides is 14. The van der Waals surface area contributed by atoms with Crippen LogP contribution in [0.5, 0.6) is 17.2 Å². The summed E-state index contributed by atoms with van der Waals surface area (Å²) in [7, 11) is 1.41. The number of fused-ring (bicyclic) bond motifs is 3. The lowest BCUT2D eigenvalue weighted by Crippen LogP contribution is -2.61. The Hall–Kier alpha value is -13.8. The van der Waals surface area contributed by atoms with Crippen LogP contribution in [0.25, 0.3) is 23.1 Å². The number of nitrogens with zero attached hydrogens (tertiary/aromatic N) is 4. The van der Waals surface area contributed by atoms with Crippen molar-refractivity contribution < 1.29 is 97.0 Å². The number of nitrogens with two attached hydrogens (primary N) is 1. The highest BCUT2D eigenvalue weighted by Gasteiger charge is 2.43. The van der Waals surface area contributed by atoms with Gasteiger partial charge in [-0.05, 0) is 107 Å². The van der Waals surface area contributed by atoms with E-state index in [-0.39, 0.29) is 151 Å². The number of rotatable bonds is 45. The van der Waals surface area contributed by atoms with Crippen molar-refractivity contribution in [2.45, 2.75) is 144 Å². The number of imide groups is 1. The largest absolute Gasteiger partial charge is 0.508 e. The number of hydrogen-bond donors (Lipinski definition) is 17. The van der Waals surface area contributed by atoms with E-state index in [1.54, 1.807) is 35.4 Å². The highest BCUT2D eigenvalue weighted by atomic mass is 32.2. The topological polar surface area (TPSA) is 539 Å². The third-order valence-corrected chi connectivity index (χ3v) is 23.3. The van der Waals surface area contributed by atoms with Gasteiger partial charge < -0.3 is 109 Å². The molecule has 10 atom stereocenters. The summed E-state index contributed by atoms with van der Waals surface area (Å²) in [6.45, 7) is 1.50. The Morgan fingerprint density at radius 2 is 1.12 bits per heavy atom. The van der Waals surface area contributed by atoms with Crippen LogP contribution in [0.3, 0.4) is 0 Å². The molecule has 0 saturated carbocycles. The zero-order valence-corrected chi connectivity index (χ0v) is 72.0. The summed E-state index contributed by atoms with van der Waals surface area (Å²) in [6.07, 6.45) is 6.04. The van der Waals surface area contributed by atoms with Gasteiger partial charge in [0.1, 0.15) is 59.5 Å². The molecule has 129 heavy (non-hydrogen) atoms. The fourth-order valence-electron chi connectivity index (χ4n) is 15.0. The van der Waals surface area contributed by atoms with Gasteiger partial charge in [0.05, 0.1) is 74.6 Å². The van der Waals surface area contributed by atoms with E-state index in [4.69, 9.17) is 15.2 Å². The molecule has 0 spiro atoms. The van der Waals surface area contributed by atoms with Crippen LogP contribution in [0, 0.1) is 0 Å². The summed E-state index contributed by atoms with van der Waals surface area (Å²) < 4.78 is 11.1. The van der Waals surface area contributed by atoms with Crippen molar-refractivity contribution in [1.82, 2.24) is 77.9 Å². The molecule has 5 heterocycles. The molecule has 0 bridgehead atoms. The fraction of sp³-hybridized carbons (Fsp3) is 0.374. The van der Waals surface area contributed by atoms with Crippen LogP contribution < -0.4 is 63.8 Å². The first kappa shape index (κ1) is 95.8. The summed E-state index contributed by atoms with van der Waals surface area (Å²) in [6, 6.07) is 28.0. The number of carbonyl (C=O) groups excluding carboxylic acids is 14. The van der Waals surface area contributed by atoms with Gasteiger partial charge in [-0.15, -0.1) is 11.8 Å². The Labute approximate surface area is 747 Å². The monoisotopic (exact) mass is 1790 g/mol. The van der Waals surface area contributed by atoms with Crippen LogP contribution in [0.15, 0.2) is 164 Å². The molecular formula is C91H107N17O20S. The van der Waals surface area contributed by atoms with Gasteiger partial charge in [0, 0.05) is 120 Å².